The van der Waals surface area contributed by atoms with E-state index >= 15 is 0 Å². The molecule has 3 heteroatoms. The summed E-state index contributed by atoms with van der Waals surface area (Å²) in [4.78, 5) is 0. The van der Waals surface area contributed by atoms with Crippen molar-refractivity contribution in [3.63, 3.8) is 0 Å². The number of para-hydroxylation sites is 1. The third kappa shape index (κ3) is 3.01. The first-order valence-corrected chi connectivity index (χ1v) is 4.80. The van der Waals surface area contributed by atoms with Crippen LogP contribution >= 0.6 is 0 Å². The Morgan fingerprint density at radius 1 is 1.29 bits per heavy atom. The number of phenols is 1. The summed E-state index contributed by atoms with van der Waals surface area (Å²) in [6.45, 7) is 4.21. The lowest BCUT2D eigenvalue weighted by molar-refractivity contribution is 0.187. The third-order valence-corrected chi connectivity index (χ3v) is 2.12. The monoisotopic (exact) mass is 195 g/mol. The van der Waals surface area contributed by atoms with Gasteiger partial charge in [-0.15, -0.1) is 0 Å². The first kappa shape index (κ1) is 11.0. The van der Waals surface area contributed by atoms with Crippen LogP contribution in [0, 0.1) is 0 Å². The molecule has 0 saturated heterocycles. The molecule has 0 aliphatic rings. The first-order valence-electron chi connectivity index (χ1n) is 4.80. The number of hydrogen-bond donors (Lipinski definition) is 3. The number of nitrogens with one attached hydrogen (secondary N) is 1. The number of benzene rings is 1. The quantitative estimate of drug-likeness (QED) is 0.681. The van der Waals surface area contributed by atoms with Crippen molar-refractivity contribution in [3.8, 4) is 5.75 Å². The van der Waals surface area contributed by atoms with Crippen molar-refractivity contribution in [1.29, 1.82) is 0 Å². The molecule has 1 unspecified atom stereocenters. The molecule has 0 spiro atoms. The van der Waals surface area contributed by atoms with E-state index in [0.717, 1.165) is 5.56 Å². The number of rotatable bonds is 4. The van der Waals surface area contributed by atoms with Gasteiger partial charge in [0.2, 0.25) is 0 Å². The van der Waals surface area contributed by atoms with E-state index in [9.17, 15) is 5.11 Å². The van der Waals surface area contributed by atoms with Gasteiger partial charge in [0.05, 0.1) is 6.10 Å². The number of aromatic hydroxyl groups is 1. The summed E-state index contributed by atoms with van der Waals surface area (Å²) in [6, 6.07) is 7.26. The van der Waals surface area contributed by atoms with E-state index < -0.39 is 0 Å². The summed E-state index contributed by atoms with van der Waals surface area (Å²) in [6.07, 6.45) is -0.372. The highest BCUT2D eigenvalue weighted by Crippen LogP contribution is 2.22. The summed E-state index contributed by atoms with van der Waals surface area (Å²) in [7, 11) is 0. The molecular formula is C11H17NO2. The van der Waals surface area contributed by atoms with Crippen molar-refractivity contribution in [2.45, 2.75) is 26.0 Å². The van der Waals surface area contributed by atoms with E-state index in [1.54, 1.807) is 19.1 Å². The zero-order chi connectivity index (χ0) is 10.6. The Kier molecular flexibility index (Phi) is 3.92. The largest absolute Gasteiger partial charge is 0.508 e. The fraction of sp³-hybridized carbons (Fsp3) is 0.455. The van der Waals surface area contributed by atoms with Gasteiger partial charge in [-0.3, -0.25) is 0 Å². The van der Waals surface area contributed by atoms with Crippen LogP contribution in [0.2, 0.25) is 0 Å². The number of aliphatic hydroxyl groups excluding tert-OH is 1. The average Bonchev–Trinajstić information content (AvgIpc) is 2.15. The Hall–Kier alpha value is -1.06. The van der Waals surface area contributed by atoms with Crippen molar-refractivity contribution >= 4 is 0 Å². The Bertz CT molecular complexity index is 286. The topological polar surface area (TPSA) is 52.5 Å². The molecule has 0 aliphatic heterocycles. The lowest BCUT2D eigenvalue weighted by Crippen LogP contribution is -2.27. The van der Waals surface area contributed by atoms with Gasteiger partial charge < -0.3 is 15.5 Å². The fourth-order valence-electron chi connectivity index (χ4n) is 1.31. The highest BCUT2D eigenvalue weighted by molar-refractivity contribution is 5.34. The van der Waals surface area contributed by atoms with Crippen molar-refractivity contribution < 1.29 is 10.2 Å². The van der Waals surface area contributed by atoms with E-state index in [1.807, 2.05) is 19.1 Å². The average molecular weight is 195 g/mol. The first-order chi connectivity index (χ1) is 6.61. The molecule has 78 valence electrons. The van der Waals surface area contributed by atoms with Gasteiger partial charge in [0, 0.05) is 18.2 Å². The minimum atomic E-state index is -0.372. The van der Waals surface area contributed by atoms with Crippen LogP contribution in [-0.2, 0) is 0 Å². The smallest absolute Gasteiger partial charge is 0.120 e. The molecule has 1 aromatic carbocycles. The molecule has 1 aromatic rings. The van der Waals surface area contributed by atoms with Crippen molar-refractivity contribution in [2.24, 2.45) is 0 Å². The number of hydrogen-bond acceptors (Lipinski definition) is 3. The highest BCUT2D eigenvalue weighted by atomic mass is 16.3. The molecule has 0 aliphatic carbocycles. The summed E-state index contributed by atoms with van der Waals surface area (Å²) < 4.78 is 0. The van der Waals surface area contributed by atoms with Crippen molar-refractivity contribution in [3.05, 3.63) is 29.8 Å². The molecular weight excluding hydrogens is 178 g/mol. The minimum absolute atomic E-state index is 0.0470. The summed E-state index contributed by atoms with van der Waals surface area (Å²) in [5.74, 6) is 0.290. The van der Waals surface area contributed by atoms with Crippen LogP contribution in [0.1, 0.15) is 25.5 Å². The molecule has 3 nitrogen and oxygen atoms in total. The van der Waals surface area contributed by atoms with Gasteiger partial charge in [-0.25, -0.2) is 0 Å². The van der Waals surface area contributed by atoms with Crippen molar-refractivity contribution in [1.82, 2.24) is 5.32 Å². The van der Waals surface area contributed by atoms with Crippen LogP contribution in [-0.4, -0.2) is 22.9 Å². The summed E-state index contributed by atoms with van der Waals surface area (Å²) in [5.41, 5.74) is 0.855. The molecule has 3 N–H and O–H groups in total. The normalized spacial score (nSPS) is 15.1. The van der Waals surface area contributed by atoms with Crippen LogP contribution in [0.15, 0.2) is 24.3 Å². The molecule has 0 fully saturated rings. The third-order valence-electron chi connectivity index (χ3n) is 2.12. The molecule has 0 aromatic heterocycles. The van der Waals surface area contributed by atoms with E-state index in [-0.39, 0.29) is 17.9 Å². The van der Waals surface area contributed by atoms with Crippen LogP contribution in [0.4, 0.5) is 0 Å². The van der Waals surface area contributed by atoms with E-state index in [4.69, 9.17) is 5.11 Å². The lowest BCUT2D eigenvalue weighted by atomic mass is 10.1. The Balaban J connectivity index is 2.60. The molecule has 0 amide bonds. The Morgan fingerprint density at radius 3 is 2.50 bits per heavy atom. The van der Waals surface area contributed by atoms with Crippen LogP contribution in [0.25, 0.3) is 0 Å². The van der Waals surface area contributed by atoms with E-state index in [1.165, 1.54) is 0 Å². The fourth-order valence-corrected chi connectivity index (χ4v) is 1.31. The van der Waals surface area contributed by atoms with Crippen LogP contribution in [0.3, 0.4) is 0 Å². The van der Waals surface area contributed by atoms with Crippen LogP contribution in [0.5, 0.6) is 5.75 Å². The Morgan fingerprint density at radius 2 is 1.93 bits per heavy atom. The molecule has 2 atom stereocenters. The van der Waals surface area contributed by atoms with Gasteiger partial charge in [0.15, 0.2) is 0 Å². The molecule has 0 heterocycles. The SMILES string of the molecule is CC(NC[C@H](C)O)c1ccccc1O. The Labute approximate surface area is 84.4 Å². The van der Waals surface area contributed by atoms with Crippen LogP contribution < -0.4 is 5.32 Å². The van der Waals surface area contributed by atoms with Crippen molar-refractivity contribution in [2.75, 3.05) is 6.54 Å². The minimum Gasteiger partial charge on any atom is -0.508 e. The second-order valence-electron chi connectivity index (χ2n) is 3.54. The van der Waals surface area contributed by atoms with E-state index in [0.29, 0.717) is 6.54 Å². The second kappa shape index (κ2) is 4.98. The summed E-state index contributed by atoms with van der Waals surface area (Å²) >= 11 is 0. The molecule has 1 rings (SSSR count). The van der Waals surface area contributed by atoms with Gasteiger partial charge in [-0.05, 0) is 19.9 Å². The predicted molar refractivity (Wildman–Crippen MR) is 56.2 cm³/mol. The summed E-state index contributed by atoms with van der Waals surface area (Å²) in [5, 5.41) is 21.8. The highest BCUT2D eigenvalue weighted by Gasteiger charge is 2.09. The van der Waals surface area contributed by atoms with Gasteiger partial charge in [-0.2, -0.15) is 0 Å². The molecule has 14 heavy (non-hydrogen) atoms. The zero-order valence-corrected chi connectivity index (χ0v) is 8.57. The number of aliphatic hydroxyl groups is 1. The maximum absolute atomic E-state index is 9.54. The zero-order valence-electron chi connectivity index (χ0n) is 8.57. The standard InChI is InChI=1S/C11H17NO2/c1-8(13)7-12-9(2)10-5-3-4-6-11(10)14/h3-6,8-9,12-14H,7H2,1-2H3/t8-,9?/m0/s1. The molecule has 0 saturated carbocycles. The number of phenolic OH excluding ortho intramolecular Hbond substituents is 1. The van der Waals surface area contributed by atoms with Gasteiger partial charge in [0.25, 0.3) is 0 Å². The maximum Gasteiger partial charge on any atom is 0.120 e. The predicted octanol–water partition coefficient (Wildman–Crippen LogP) is 1.42. The van der Waals surface area contributed by atoms with Gasteiger partial charge in [0.1, 0.15) is 5.75 Å². The molecule has 0 radical (unpaired) electrons. The van der Waals surface area contributed by atoms with Gasteiger partial charge in [-0.1, -0.05) is 18.2 Å². The van der Waals surface area contributed by atoms with Gasteiger partial charge >= 0.3 is 0 Å². The molecule has 0 bridgehead atoms. The van der Waals surface area contributed by atoms with E-state index in [2.05, 4.69) is 5.32 Å². The maximum atomic E-state index is 9.54. The second-order valence-corrected chi connectivity index (χ2v) is 3.54. The lowest BCUT2D eigenvalue weighted by Gasteiger charge is -2.16.